The van der Waals surface area contributed by atoms with E-state index in [0.29, 0.717) is 19.5 Å². The highest BCUT2D eigenvalue weighted by Crippen LogP contribution is 2.45. The first-order chi connectivity index (χ1) is 9.26. The van der Waals surface area contributed by atoms with Gasteiger partial charge in [0, 0.05) is 22.9 Å². The molecule has 2 saturated heterocycles. The lowest BCUT2D eigenvalue weighted by Gasteiger charge is -2.40. The lowest BCUT2D eigenvalue weighted by Crippen LogP contribution is -2.48. The quantitative estimate of drug-likeness (QED) is 0.389. The highest BCUT2D eigenvalue weighted by atomic mass is 127. The topological polar surface area (TPSA) is 55.8 Å². The number of amides is 1. The largest absolute Gasteiger partial charge is 0.461 e. The molecule has 0 aromatic rings. The van der Waals surface area contributed by atoms with Gasteiger partial charge in [0.2, 0.25) is 0 Å². The van der Waals surface area contributed by atoms with Crippen molar-refractivity contribution in [2.24, 2.45) is 5.41 Å². The first kappa shape index (κ1) is 15.9. The summed E-state index contributed by atoms with van der Waals surface area (Å²) in [6.45, 7) is 6.88. The van der Waals surface area contributed by atoms with Crippen LogP contribution in [0.1, 0.15) is 40.0 Å². The van der Waals surface area contributed by atoms with Crippen LogP contribution in [0.15, 0.2) is 0 Å². The van der Waals surface area contributed by atoms with Crippen molar-refractivity contribution in [3.63, 3.8) is 0 Å². The molecule has 2 rings (SSSR count). The smallest absolute Gasteiger partial charge is 0.410 e. The van der Waals surface area contributed by atoms with Crippen molar-refractivity contribution in [1.29, 1.82) is 0 Å². The van der Waals surface area contributed by atoms with E-state index in [1.807, 2.05) is 20.8 Å². The molecule has 0 aromatic heterocycles. The van der Waals surface area contributed by atoms with Crippen molar-refractivity contribution in [1.82, 2.24) is 4.90 Å². The van der Waals surface area contributed by atoms with Gasteiger partial charge in [0.1, 0.15) is 11.7 Å². The van der Waals surface area contributed by atoms with Gasteiger partial charge in [0.05, 0.1) is 6.42 Å². The Bertz CT molecular complexity index is 396. The van der Waals surface area contributed by atoms with Gasteiger partial charge in [-0.3, -0.25) is 4.79 Å². The number of alkyl halides is 1. The van der Waals surface area contributed by atoms with Crippen LogP contribution in [0.25, 0.3) is 0 Å². The molecule has 6 heteroatoms. The van der Waals surface area contributed by atoms with Crippen LogP contribution in [0.3, 0.4) is 0 Å². The number of nitrogens with zero attached hydrogens (tertiary/aromatic N) is 1. The fraction of sp³-hybridized carbons (Fsp3) is 0.857. The number of esters is 1. The molecule has 0 radical (unpaired) electrons. The summed E-state index contributed by atoms with van der Waals surface area (Å²) < 4.78 is 11.6. The van der Waals surface area contributed by atoms with Gasteiger partial charge in [-0.1, -0.05) is 22.6 Å². The van der Waals surface area contributed by atoms with Gasteiger partial charge in [0.25, 0.3) is 0 Å². The Kier molecular flexibility index (Phi) is 4.51. The van der Waals surface area contributed by atoms with E-state index in [-0.39, 0.29) is 23.6 Å². The van der Waals surface area contributed by atoms with Gasteiger partial charge in [-0.05, 0) is 33.6 Å². The zero-order valence-electron chi connectivity index (χ0n) is 12.3. The van der Waals surface area contributed by atoms with Crippen molar-refractivity contribution >= 4 is 34.7 Å². The van der Waals surface area contributed by atoms with Gasteiger partial charge >= 0.3 is 12.1 Å². The van der Waals surface area contributed by atoms with Gasteiger partial charge < -0.3 is 14.4 Å². The van der Waals surface area contributed by atoms with E-state index in [1.54, 1.807) is 4.90 Å². The summed E-state index contributed by atoms with van der Waals surface area (Å²) in [5.74, 6) is -0.0996. The van der Waals surface area contributed by atoms with Crippen molar-refractivity contribution in [3.8, 4) is 0 Å². The molecule has 5 nitrogen and oxygen atoms in total. The van der Waals surface area contributed by atoms with Crippen LogP contribution in [0.4, 0.5) is 4.79 Å². The van der Waals surface area contributed by atoms with Crippen LogP contribution in [0, 0.1) is 5.41 Å². The zero-order chi connectivity index (χ0) is 15.0. The minimum Gasteiger partial charge on any atom is -0.461 e. The lowest BCUT2D eigenvalue weighted by molar-refractivity contribution is -0.140. The molecule has 1 unspecified atom stereocenters. The Hall–Kier alpha value is -0.530. The molecule has 0 saturated carbocycles. The second-order valence-electron chi connectivity index (χ2n) is 6.64. The van der Waals surface area contributed by atoms with E-state index in [0.717, 1.165) is 17.3 Å². The molecule has 20 heavy (non-hydrogen) atoms. The second-order valence-corrected chi connectivity index (χ2v) is 7.52. The van der Waals surface area contributed by atoms with Crippen LogP contribution < -0.4 is 0 Å². The highest BCUT2D eigenvalue weighted by Gasteiger charge is 2.50. The van der Waals surface area contributed by atoms with E-state index >= 15 is 0 Å². The van der Waals surface area contributed by atoms with E-state index in [4.69, 9.17) is 9.47 Å². The number of carbonyl (C=O) groups is 2. The fourth-order valence-electron chi connectivity index (χ4n) is 2.88. The highest BCUT2D eigenvalue weighted by molar-refractivity contribution is 14.1. The Morgan fingerprint density at radius 2 is 2.05 bits per heavy atom. The third-order valence-electron chi connectivity index (χ3n) is 4.00. The van der Waals surface area contributed by atoms with Crippen molar-refractivity contribution < 1.29 is 19.1 Å². The summed E-state index contributed by atoms with van der Waals surface area (Å²) in [6.07, 6.45) is 1.85. The van der Waals surface area contributed by atoms with E-state index in [2.05, 4.69) is 22.6 Å². The average molecular weight is 395 g/mol. The molecule has 1 amide bonds. The summed E-state index contributed by atoms with van der Waals surface area (Å²) in [5, 5.41) is 0. The maximum atomic E-state index is 12.0. The predicted molar refractivity (Wildman–Crippen MR) is 82.9 cm³/mol. The molecule has 114 valence electrons. The number of ether oxygens (including phenoxy) is 2. The average Bonchev–Trinajstić information content (AvgIpc) is 2.64. The molecular weight excluding hydrogens is 373 g/mol. The summed E-state index contributed by atoms with van der Waals surface area (Å²) in [5.41, 5.74) is -0.541. The SMILES string of the molecule is CC(C)(C)OC(=O)N1CCC2(CC1)CC(=O)OC2CI. The number of halogens is 1. The molecule has 2 fully saturated rings. The molecule has 2 aliphatic heterocycles. The molecule has 1 atom stereocenters. The number of hydrogen-bond donors (Lipinski definition) is 0. The molecule has 2 aliphatic rings. The number of carbonyl (C=O) groups excluding carboxylic acids is 2. The number of cyclic esters (lactones) is 1. The summed E-state index contributed by atoms with van der Waals surface area (Å²) in [4.78, 5) is 25.3. The summed E-state index contributed by atoms with van der Waals surface area (Å²) in [6, 6.07) is 0. The molecule has 0 bridgehead atoms. The number of piperidine rings is 1. The minimum absolute atomic E-state index is 0.00335. The fourth-order valence-corrected chi connectivity index (χ4v) is 4.00. The maximum absolute atomic E-state index is 12.0. The first-order valence-corrected chi connectivity index (χ1v) is 8.52. The Morgan fingerprint density at radius 1 is 1.45 bits per heavy atom. The lowest BCUT2D eigenvalue weighted by atomic mass is 9.73. The molecule has 1 spiro atoms. The Labute approximate surface area is 133 Å². The van der Waals surface area contributed by atoms with Crippen molar-refractivity contribution in [3.05, 3.63) is 0 Å². The van der Waals surface area contributed by atoms with Crippen LogP contribution in [0.5, 0.6) is 0 Å². The third-order valence-corrected chi connectivity index (χ3v) is 4.80. The van der Waals surface area contributed by atoms with Gasteiger partial charge in [0.15, 0.2) is 0 Å². The first-order valence-electron chi connectivity index (χ1n) is 6.99. The van der Waals surface area contributed by atoms with Crippen LogP contribution in [-0.2, 0) is 14.3 Å². The predicted octanol–water partition coefficient (Wildman–Crippen LogP) is 2.75. The van der Waals surface area contributed by atoms with E-state index in [9.17, 15) is 9.59 Å². The minimum atomic E-state index is -0.469. The van der Waals surface area contributed by atoms with Crippen LogP contribution in [0.2, 0.25) is 0 Å². The zero-order valence-corrected chi connectivity index (χ0v) is 14.4. The third kappa shape index (κ3) is 3.38. The van der Waals surface area contributed by atoms with E-state index in [1.165, 1.54) is 0 Å². The normalized spacial score (nSPS) is 25.7. The molecule has 0 aromatic carbocycles. The van der Waals surface area contributed by atoms with Gasteiger partial charge in [-0.15, -0.1) is 0 Å². The number of likely N-dealkylation sites (tertiary alicyclic amines) is 1. The maximum Gasteiger partial charge on any atom is 0.410 e. The van der Waals surface area contributed by atoms with Gasteiger partial charge in [-0.2, -0.15) is 0 Å². The molecule has 2 heterocycles. The second kappa shape index (κ2) is 5.69. The summed E-state index contributed by atoms with van der Waals surface area (Å²) >= 11 is 2.27. The Balaban J connectivity index is 1.95. The van der Waals surface area contributed by atoms with Crippen molar-refractivity contribution in [2.45, 2.75) is 51.7 Å². The summed E-state index contributed by atoms with van der Waals surface area (Å²) in [7, 11) is 0. The monoisotopic (exact) mass is 395 g/mol. The molecule has 0 N–H and O–H groups in total. The molecule has 0 aliphatic carbocycles. The Morgan fingerprint density at radius 3 is 2.55 bits per heavy atom. The molecular formula is C14H22INO4. The van der Waals surface area contributed by atoms with Gasteiger partial charge in [-0.25, -0.2) is 4.79 Å². The number of rotatable bonds is 1. The van der Waals surface area contributed by atoms with E-state index < -0.39 is 5.60 Å². The van der Waals surface area contributed by atoms with Crippen LogP contribution in [-0.4, -0.2) is 46.2 Å². The number of hydrogen-bond acceptors (Lipinski definition) is 4. The standard InChI is InChI=1S/C14H22INO4/c1-13(2,3)20-12(18)16-6-4-14(5-7-16)8-11(17)19-10(14)9-15/h10H,4-9H2,1-3H3. The van der Waals surface area contributed by atoms with Crippen molar-refractivity contribution in [2.75, 3.05) is 17.5 Å². The van der Waals surface area contributed by atoms with Crippen LogP contribution >= 0.6 is 22.6 Å².